The molecule has 4 aliphatic rings. The molecule has 0 amide bonds. The van der Waals surface area contributed by atoms with Crippen LogP contribution in [-0.2, 0) is 4.79 Å². The number of carbonyl (C=O) groups excluding carboxylic acids is 1. The van der Waals surface area contributed by atoms with Crippen molar-refractivity contribution < 1.29 is 9.90 Å². The molecule has 0 radical (unpaired) electrons. The minimum Gasteiger partial charge on any atom is -0.393 e. The molecule has 0 spiro atoms. The lowest BCUT2D eigenvalue weighted by Crippen LogP contribution is -2.50. The summed E-state index contributed by atoms with van der Waals surface area (Å²) < 4.78 is 1.10. The molecule has 3 nitrogen and oxygen atoms in total. The summed E-state index contributed by atoms with van der Waals surface area (Å²) in [7, 11) is 0. The molecule has 2 N–H and O–H groups in total. The van der Waals surface area contributed by atoms with Gasteiger partial charge in [0.15, 0.2) is 0 Å². The Kier molecular flexibility index (Phi) is 5.38. The van der Waals surface area contributed by atoms with Gasteiger partial charge >= 0.3 is 0 Å². The first-order valence-corrected chi connectivity index (χ1v) is 12.6. The summed E-state index contributed by atoms with van der Waals surface area (Å²) in [6.07, 6.45) is 11.4. The standard InChI is InChI=1S/C26H34BrNO2/c1-25-10-8-18(29)14-17(25)6-7-20-21(25)9-11-26(16-19(30)15-22(20)26)12-13-28-24-5-3-2-4-23(24)27/h2-6,18,20-22,28-29H,7-16H2,1H3/t18-,20+,21-,22-,25-,26-/m0/s1. The van der Waals surface area contributed by atoms with Crippen molar-refractivity contribution >= 4 is 27.4 Å². The van der Waals surface area contributed by atoms with Crippen LogP contribution in [0.3, 0.4) is 0 Å². The second-order valence-corrected chi connectivity index (χ2v) is 11.5. The molecule has 3 fully saturated rings. The highest BCUT2D eigenvalue weighted by Crippen LogP contribution is 2.65. The van der Waals surface area contributed by atoms with Gasteiger partial charge in [-0.25, -0.2) is 0 Å². The summed E-state index contributed by atoms with van der Waals surface area (Å²) >= 11 is 3.63. The number of anilines is 1. The van der Waals surface area contributed by atoms with Crippen LogP contribution in [0.4, 0.5) is 5.69 Å². The summed E-state index contributed by atoms with van der Waals surface area (Å²) in [5.74, 6) is 2.34. The number of nitrogens with one attached hydrogen (secondary N) is 1. The lowest BCUT2D eigenvalue weighted by molar-refractivity contribution is -0.118. The van der Waals surface area contributed by atoms with E-state index in [1.54, 1.807) is 0 Å². The van der Waals surface area contributed by atoms with Crippen molar-refractivity contribution in [1.29, 1.82) is 0 Å². The average Bonchev–Trinajstić information content (AvgIpc) is 3.06. The molecule has 4 aliphatic carbocycles. The Morgan fingerprint density at radius 3 is 2.83 bits per heavy atom. The van der Waals surface area contributed by atoms with E-state index in [0.29, 0.717) is 23.5 Å². The Labute approximate surface area is 188 Å². The van der Waals surface area contributed by atoms with E-state index >= 15 is 0 Å². The Morgan fingerprint density at radius 1 is 1.17 bits per heavy atom. The van der Waals surface area contributed by atoms with E-state index < -0.39 is 0 Å². The van der Waals surface area contributed by atoms with E-state index in [1.165, 1.54) is 18.4 Å². The SMILES string of the molecule is C[C@]12CC[C@H](O)CC1=CC[C@H]1[C@@H]3CC(=O)C[C@@]3(CCNc3ccccc3Br)CC[C@@H]12. The van der Waals surface area contributed by atoms with Crippen LogP contribution in [0.5, 0.6) is 0 Å². The molecular weight excluding hydrogens is 438 g/mol. The fourth-order valence-electron chi connectivity index (χ4n) is 7.68. The van der Waals surface area contributed by atoms with Crippen LogP contribution in [0, 0.1) is 28.6 Å². The van der Waals surface area contributed by atoms with Crippen molar-refractivity contribution in [2.24, 2.45) is 28.6 Å². The van der Waals surface area contributed by atoms with Crippen LogP contribution in [0.15, 0.2) is 40.4 Å². The van der Waals surface area contributed by atoms with Crippen molar-refractivity contribution in [2.75, 3.05) is 11.9 Å². The Balaban J connectivity index is 1.35. The molecule has 3 saturated carbocycles. The smallest absolute Gasteiger partial charge is 0.133 e. The topological polar surface area (TPSA) is 49.3 Å². The molecule has 0 aliphatic heterocycles. The maximum absolute atomic E-state index is 12.7. The number of para-hydroxylation sites is 1. The van der Waals surface area contributed by atoms with E-state index in [1.807, 2.05) is 6.07 Å². The molecule has 162 valence electrons. The van der Waals surface area contributed by atoms with Gasteiger partial charge in [0.2, 0.25) is 0 Å². The third-order valence-electron chi connectivity index (χ3n) is 9.22. The highest BCUT2D eigenvalue weighted by molar-refractivity contribution is 9.10. The van der Waals surface area contributed by atoms with Crippen LogP contribution in [0.1, 0.15) is 64.7 Å². The van der Waals surface area contributed by atoms with Crippen LogP contribution in [-0.4, -0.2) is 23.5 Å². The number of carbonyl (C=O) groups is 1. The van der Waals surface area contributed by atoms with Gasteiger partial charge in [-0.3, -0.25) is 4.79 Å². The molecule has 1 aromatic carbocycles. The van der Waals surface area contributed by atoms with Crippen LogP contribution >= 0.6 is 15.9 Å². The fraction of sp³-hybridized carbons (Fsp3) is 0.654. The maximum Gasteiger partial charge on any atom is 0.133 e. The summed E-state index contributed by atoms with van der Waals surface area (Å²) in [4.78, 5) is 12.7. The van der Waals surface area contributed by atoms with Gasteiger partial charge in [0.1, 0.15) is 5.78 Å². The van der Waals surface area contributed by atoms with Gasteiger partial charge in [-0.2, -0.15) is 0 Å². The van der Waals surface area contributed by atoms with Gasteiger partial charge in [0, 0.05) is 29.5 Å². The zero-order chi connectivity index (χ0) is 20.9. The quantitative estimate of drug-likeness (QED) is 0.519. The minimum atomic E-state index is -0.153. The predicted octanol–water partition coefficient (Wildman–Crippen LogP) is 6.12. The monoisotopic (exact) mass is 471 g/mol. The van der Waals surface area contributed by atoms with E-state index in [0.717, 1.165) is 61.7 Å². The summed E-state index contributed by atoms with van der Waals surface area (Å²) in [5.41, 5.74) is 3.08. The lowest BCUT2D eigenvalue weighted by atomic mass is 9.47. The number of allylic oxidation sites excluding steroid dienone is 1. The number of rotatable bonds is 4. The van der Waals surface area contributed by atoms with Crippen LogP contribution < -0.4 is 5.32 Å². The second kappa shape index (κ2) is 7.78. The molecule has 0 heterocycles. The number of aliphatic hydroxyl groups excluding tert-OH is 1. The number of ketones is 1. The number of aliphatic hydroxyl groups is 1. The fourth-order valence-corrected chi connectivity index (χ4v) is 8.10. The van der Waals surface area contributed by atoms with Gasteiger partial charge in [-0.1, -0.05) is 30.7 Å². The number of benzene rings is 1. The first kappa shape index (κ1) is 20.8. The molecule has 4 heteroatoms. The molecule has 1 aromatic rings. The van der Waals surface area contributed by atoms with Crippen LogP contribution in [0.2, 0.25) is 0 Å². The molecular formula is C26H34BrNO2. The van der Waals surface area contributed by atoms with Gasteiger partial charge in [0.05, 0.1) is 6.10 Å². The molecule has 30 heavy (non-hydrogen) atoms. The van der Waals surface area contributed by atoms with Gasteiger partial charge < -0.3 is 10.4 Å². The molecule has 0 bridgehead atoms. The molecule has 0 aromatic heterocycles. The summed E-state index contributed by atoms with van der Waals surface area (Å²) in [5, 5.41) is 13.8. The van der Waals surface area contributed by atoms with Crippen molar-refractivity contribution in [3.8, 4) is 0 Å². The maximum atomic E-state index is 12.7. The largest absolute Gasteiger partial charge is 0.393 e. The van der Waals surface area contributed by atoms with E-state index in [9.17, 15) is 9.90 Å². The molecule has 6 atom stereocenters. The Hall–Kier alpha value is -1.13. The zero-order valence-electron chi connectivity index (χ0n) is 18.0. The predicted molar refractivity (Wildman–Crippen MR) is 124 cm³/mol. The number of fused-ring (bicyclic) bond motifs is 5. The third kappa shape index (κ3) is 3.39. The summed E-state index contributed by atoms with van der Waals surface area (Å²) in [6, 6.07) is 8.28. The van der Waals surface area contributed by atoms with E-state index in [-0.39, 0.29) is 16.9 Å². The van der Waals surface area contributed by atoms with Crippen molar-refractivity contribution in [3.63, 3.8) is 0 Å². The number of halogens is 1. The van der Waals surface area contributed by atoms with Gasteiger partial charge in [0.25, 0.3) is 0 Å². The van der Waals surface area contributed by atoms with Crippen LogP contribution in [0.25, 0.3) is 0 Å². The average molecular weight is 472 g/mol. The highest BCUT2D eigenvalue weighted by Gasteiger charge is 2.58. The lowest BCUT2D eigenvalue weighted by Gasteiger charge is -2.57. The van der Waals surface area contributed by atoms with Gasteiger partial charge in [-0.05, 0) is 102 Å². The normalized spacial score (nSPS) is 40.2. The summed E-state index contributed by atoms with van der Waals surface area (Å²) in [6.45, 7) is 3.38. The molecule has 0 unspecified atom stereocenters. The number of hydrogen-bond acceptors (Lipinski definition) is 3. The van der Waals surface area contributed by atoms with Gasteiger partial charge in [-0.15, -0.1) is 0 Å². The molecule has 5 rings (SSSR count). The first-order chi connectivity index (χ1) is 14.4. The zero-order valence-corrected chi connectivity index (χ0v) is 19.6. The van der Waals surface area contributed by atoms with E-state index in [4.69, 9.17) is 0 Å². The molecule has 0 saturated heterocycles. The van der Waals surface area contributed by atoms with Crippen molar-refractivity contribution in [1.82, 2.24) is 0 Å². The Morgan fingerprint density at radius 2 is 2.00 bits per heavy atom. The van der Waals surface area contributed by atoms with E-state index in [2.05, 4.69) is 52.4 Å². The third-order valence-corrected chi connectivity index (χ3v) is 9.91. The number of hydrogen-bond donors (Lipinski definition) is 2. The second-order valence-electron chi connectivity index (χ2n) is 10.6. The Bertz CT molecular complexity index is 866. The minimum absolute atomic E-state index is 0.153. The van der Waals surface area contributed by atoms with Crippen molar-refractivity contribution in [3.05, 3.63) is 40.4 Å². The van der Waals surface area contributed by atoms with Crippen molar-refractivity contribution in [2.45, 2.75) is 70.8 Å². The first-order valence-electron chi connectivity index (χ1n) is 11.8. The highest BCUT2D eigenvalue weighted by atomic mass is 79.9. The number of Topliss-reactive ketones (excluding diaryl/α,β-unsaturated/α-hetero) is 1.